The molecule has 0 spiro atoms. The summed E-state index contributed by atoms with van der Waals surface area (Å²) in [4.78, 5) is 8.08. The Hall–Kier alpha value is -2.40. The lowest BCUT2D eigenvalue weighted by Crippen LogP contribution is -2.25. The smallest absolute Gasteiger partial charge is 0.109 e. The first-order valence-electron chi connectivity index (χ1n) is 9.01. The maximum absolute atomic E-state index is 11.0. The number of aliphatic hydroxyl groups is 1. The van der Waals surface area contributed by atoms with Crippen LogP contribution >= 0.6 is 0 Å². The summed E-state index contributed by atoms with van der Waals surface area (Å²) in [5.41, 5.74) is 3.18. The minimum atomic E-state index is -0.994. The summed E-state index contributed by atoms with van der Waals surface area (Å²) >= 11 is 0. The Morgan fingerprint density at radius 1 is 1.08 bits per heavy atom. The average molecular weight is 352 g/mol. The van der Waals surface area contributed by atoms with Crippen molar-refractivity contribution in [2.45, 2.75) is 53.1 Å². The molecule has 1 atom stereocenters. The molecule has 0 saturated carbocycles. The van der Waals surface area contributed by atoms with E-state index in [2.05, 4.69) is 30.9 Å². The van der Waals surface area contributed by atoms with Gasteiger partial charge in [0.05, 0.1) is 17.0 Å². The Labute approximate surface area is 155 Å². The number of imidazole rings is 1. The van der Waals surface area contributed by atoms with Gasteiger partial charge in [0.1, 0.15) is 5.82 Å². The molecule has 138 valence electrons. The van der Waals surface area contributed by atoms with Gasteiger partial charge in [-0.15, -0.1) is 0 Å². The van der Waals surface area contributed by atoms with E-state index in [-0.39, 0.29) is 5.41 Å². The number of aryl methyl sites for hydroxylation is 1. The Morgan fingerprint density at radius 3 is 2.35 bits per heavy atom. The fraction of sp³-hybridized carbons (Fsp3) is 0.429. The van der Waals surface area contributed by atoms with Gasteiger partial charge < -0.3 is 10.1 Å². The van der Waals surface area contributed by atoms with Gasteiger partial charge >= 0.3 is 0 Å². The molecule has 0 bridgehead atoms. The number of hydrogen-bond donors (Lipinski definition) is 2. The van der Waals surface area contributed by atoms with Crippen LogP contribution in [0.1, 0.15) is 50.5 Å². The molecule has 3 aromatic rings. The summed E-state index contributed by atoms with van der Waals surface area (Å²) in [6.07, 6.45) is 5.00. The van der Waals surface area contributed by atoms with Crippen LogP contribution < -0.4 is 0 Å². The number of aromatic nitrogens is 4. The van der Waals surface area contributed by atoms with Gasteiger partial charge in [0, 0.05) is 24.5 Å². The number of aromatic amines is 1. The molecule has 1 unspecified atom stereocenters. The van der Waals surface area contributed by atoms with Gasteiger partial charge in [0.2, 0.25) is 0 Å². The number of nitrogens with one attached hydrogen (secondary N) is 1. The second-order valence-corrected chi connectivity index (χ2v) is 8.44. The van der Waals surface area contributed by atoms with Crippen LogP contribution in [-0.4, -0.2) is 24.9 Å². The number of benzene rings is 1. The molecule has 0 aliphatic rings. The molecular weight excluding hydrogens is 324 g/mol. The molecule has 0 aliphatic heterocycles. The van der Waals surface area contributed by atoms with Gasteiger partial charge in [-0.25, -0.2) is 9.67 Å². The molecule has 2 aromatic heterocycles. The fourth-order valence-electron chi connectivity index (χ4n) is 3.14. The van der Waals surface area contributed by atoms with Gasteiger partial charge in [0.15, 0.2) is 0 Å². The Balaban J connectivity index is 1.77. The van der Waals surface area contributed by atoms with Crippen LogP contribution in [0.15, 0.2) is 42.7 Å². The second kappa shape index (κ2) is 6.72. The summed E-state index contributed by atoms with van der Waals surface area (Å²) < 4.78 is 1.80. The second-order valence-electron chi connectivity index (χ2n) is 8.44. The van der Waals surface area contributed by atoms with Gasteiger partial charge in [0.25, 0.3) is 0 Å². The standard InChI is InChI=1S/C21H28N4O/c1-15-18(13-20(2,3)4)24-19(23-15)14-21(5,26)16-7-9-17(10-8-16)25-12-6-11-22-25/h6-12,26H,13-14H2,1-5H3,(H,23,24). The minimum absolute atomic E-state index is 0.183. The third-order valence-corrected chi connectivity index (χ3v) is 4.50. The van der Waals surface area contributed by atoms with Crippen molar-refractivity contribution in [3.63, 3.8) is 0 Å². The highest BCUT2D eigenvalue weighted by molar-refractivity contribution is 5.36. The third kappa shape index (κ3) is 4.22. The van der Waals surface area contributed by atoms with E-state index in [4.69, 9.17) is 4.98 Å². The first kappa shape index (κ1) is 18.4. The van der Waals surface area contributed by atoms with Crippen LogP contribution in [0.2, 0.25) is 0 Å². The van der Waals surface area contributed by atoms with Crippen LogP contribution in [0.5, 0.6) is 0 Å². The van der Waals surface area contributed by atoms with E-state index in [1.54, 1.807) is 10.9 Å². The Bertz CT molecular complexity index is 853. The van der Waals surface area contributed by atoms with Crippen LogP contribution in [-0.2, 0) is 18.4 Å². The van der Waals surface area contributed by atoms with Gasteiger partial charge in [-0.1, -0.05) is 32.9 Å². The van der Waals surface area contributed by atoms with Crippen molar-refractivity contribution in [2.75, 3.05) is 0 Å². The van der Waals surface area contributed by atoms with Gasteiger partial charge in [-0.3, -0.25) is 0 Å². The molecule has 0 amide bonds. The highest BCUT2D eigenvalue weighted by atomic mass is 16.3. The van der Waals surface area contributed by atoms with E-state index in [0.29, 0.717) is 6.42 Å². The van der Waals surface area contributed by atoms with Gasteiger partial charge in [-0.05, 0) is 49.4 Å². The monoisotopic (exact) mass is 352 g/mol. The van der Waals surface area contributed by atoms with Crippen molar-refractivity contribution >= 4 is 0 Å². The third-order valence-electron chi connectivity index (χ3n) is 4.50. The molecule has 0 radical (unpaired) electrons. The zero-order chi connectivity index (χ0) is 18.9. The maximum atomic E-state index is 11.0. The van der Waals surface area contributed by atoms with E-state index < -0.39 is 5.60 Å². The summed E-state index contributed by atoms with van der Waals surface area (Å²) in [6.45, 7) is 10.5. The predicted molar refractivity (Wildman–Crippen MR) is 103 cm³/mol. The zero-order valence-electron chi connectivity index (χ0n) is 16.2. The lowest BCUT2D eigenvalue weighted by molar-refractivity contribution is 0.0556. The molecular formula is C21H28N4O. The molecule has 5 heteroatoms. The Kier molecular flexibility index (Phi) is 4.76. The molecule has 1 aromatic carbocycles. The molecule has 2 heterocycles. The summed E-state index contributed by atoms with van der Waals surface area (Å²) in [6, 6.07) is 9.72. The number of nitrogens with zero attached hydrogens (tertiary/aromatic N) is 3. The van der Waals surface area contributed by atoms with Crippen LogP contribution in [0.3, 0.4) is 0 Å². The van der Waals surface area contributed by atoms with Crippen molar-refractivity contribution in [1.29, 1.82) is 0 Å². The van der Waals surface area contributed by atoms with Crippen molar-refractivity contribution in [2.24, 2.45) is 5.41 Å². The summed E-state index contributed by atoms with van der Waals surface area (Å²) in [5, 5.41) is 15.2. The fourth-order valence-corrected chi connectivity index (χ4v) is 3.14. The van der Waals surface area contributed by atoms with Crippen molar-refractivity contribution < 1.29 is 5.11 Å². The maximum Gasteiger partial charge on any atom is 0.109 e. The number of H-pyrrole nitrogens is 1. The van der Waals surface area contributed by atoms with E-state index in [1.165, 1.54) is 0 Å². The van der Waals surface area contributed by atoms with Crippen LogP contribution in [0.25, 0.3) is 5.69 Å². The largest absolute Gasteiger partial charge is 0.385 e. The number of hydrogen-bond acceptors (Lipinski definition) is 3. The summed E-state index contributed by atoms with van der Waals surface area (Å²) in [7, 11) is 0. The Morgan fingerprint density at radius 2 is 1.77 bits per heavy atom. The normalized spacial score (nSPS) is 14.4. The van der Waals surface area contributed by atoms with E-state index in [1.807, 2.05) is 50.4 Å². The van der Waals surface area contributed by atoms with Crippen molar-refractivity contribution in [3.05, 3.63) is 65.5 Å². The number of rotatable bonds is 5. The average Bonchev–Trinajstić information content (AvgIpc) is 3.16. The molecule has 5 nitrogen and oxygen atoms in total. The molecule has 26 heavy (non-hydrogen) atoms. The lowest BCUT2D eigenvalue weighted by Gasteiger charge is -2.23. The molecule has 0 saturated heterocycles. The van der Waals surface area contributed by atoms with Crippen LogP contribution in [0.4, 0.5) is 0 Å². The molecule has 3 rings (SSSR count). The van der Waals surface area contributed by atoms with Crippen LogP contribution in [0, 0.1) is 12.3 Å². The highest BCUT2D eigenvalue weighted by Crippen LogP contribution is 2.27. The van der Waals surface area contributed by atoms with E-state index in [0.717, 1.165) is 34.9 Å². The zero-order valence-corrected chi connectivity index (χ0v) is 16.2. The van der Waals surface area contributed by atoms with Crippen molar-refractivity contribution in [3.8, 4) is 5.69 Å². The minimum Gasteiger partial charge on any atom is -0.385 e. The van der Waals surface area contributed by atoms with E-state index in [9.17, 15) is 5.11 Å². The predicted octanol–water partition coefficient (Wildman–Crippen LogP) is 3.94. The molecule has 0 aliphatic carbocycles. The molecule has 0 fully saturated rings. The van der Waals surface area contributed by atoms with Crippen molar-refractivity contribution in [1.82, 2.24) is 19.7 Å². The first-order valence-corrected chi connectivity index (χ1v) is 9.01. The van der Waals surface area contributed by atoms with E-state index >= 15 is 0 Å². The quantitative estimate of drug-likeness (QED) is 0.731. The SMILES string of the molecule is Cc1[nH]c(CC(C)(O)c2ccc(-n3cccn3)cc2)nc1CC(C)(C)C. The van der Waals surface area contributed by atoms with Gasteiger partial charge in [-0.2, -0.15) is 5.10 Å². The molecule has 2 N–H and O–H groups in total. The highest BCUT2D eigenvalue weighted by Gasteiger charge is 2.26. The topological polar surface area (TPSA) is 66.7 Å². The summed E-state index contributed by atoms with van der Waals surface area (Å²) in [5.74, 6) is 0.822. The lowest BCUT2D eigenvalue weighted by atomic mass is 9.90. The first-order chi connectivity index (χ1) is 12.1.